The highest BCUT2D eigenvalue weighted by atomic mass is 19.1. The molecule has 1 unspecified atom stereocenters. The number of carbonyl (C=O) groups excluding carboxylic acids is 2. The average Bonchev–Trinajstić information content (AvgIpc) is 2.32. The number of carbonyl (C=O) groups is 2. The molecule has 0 aliphatic rings. The molecule has 1 rings (SSSR count). The molecule has 98 valence electrons. The Hall–Kier alpha value is -1.98. The van der Waals surface area contributed by atoms with E-state index in [1.807, 2.05) is 0 Å². The topological polar surface area (TPSA) is 55.4 Å². The van der Waals surface area contributed by atoms with Crippen LogP contribution >= 0.6 is 0 Å². The van der Waals surface area contributed by atoms with Crippen LogP contribution in [0.2, 0.25) is 0 Å². The monoisotopic (exact) mass is 257 g/mol. The van der Waals surface area contributed by atoms with Gasteiger partial charge in [0.1, 0.15) is 17.7 Å². The number of hydrogen-bond donors (Lipinski definition) is 1. The van der Waals surface area contributed by atoms with E-state index in [9.17, 15) is 18.4 Å². The molecule has 0 spiro atoms. The van der Waals surface area contributed by atoms with Crippen molar-refractivity contribution in [3.05, 3.63) is 35.4 Å². The number of halogens is 2. The molecule has 4 nitrogen and oxygen atoms in total. The first-order valence-corrected chi connectivity index (χ1v) is 5.38. The summed E-state index contributed by atoms with van der Waals surface area (Å²) in [6.07, 6.45) is 0. The predicted octanol–water partition coefficient (Wildman–Crippen LogP) is 1.65. The fourth-order valence-corrected chi connectivity index (χ4v) is 1.27. The summed E-state index contributed by atoms with van der Waals surface area (Å²) in [5, 5.41) is 2.23. The first-order valence-electron chi connectivity index (χ1n) is 5.38. The first kappa shape index (κ1) is 14.1. The Morgan fingerprint density at radius 2 is 2.06 bits per heavy atom. The van der Waals surface area contributed by atoms with E-state index in [2.05, 4.69) is 10.1 Å². The van der Waals surface area contributed by atoms with Crippen LogP contribution in [0.5, 0.6) is 0 Å². The van der Waals surface area contributed by atoms with Gasteiger partial charge in [0.25, 0.3) is 5.91 Å². The highest BCUT2D eigenvalue weighted by Gasteiger charge is 2.19. The van der Waals surface area contributed by atoms with Crippen LogP contribution in [-0.2, 0) is 9.53 Å². The zero-order valence-corrected chi connectivity index (χ0v) is 10.00. The van der Waals surface area contributed by atoms with Gasteiger partial charge in [-0.15, -0.1) is 0 Å². The van der Waals surface area contributed by atoms with E-state index in [4.69, 9.17) is 0 Å². The van der Waals surface area contributed by atoms with Crippen LogP contribution in [0.3, 0.4) is 0 Å². The SMILES string of the molecule is CCOC(=O)C(C)NC(=O)c1cc(F)ccc1F. The van der Waals surface area contributed by atoms with Crippen LogP contribution in [0.15, 0.2) is 18.2 Å². The third-order valence-corrected chi connectivity index (χ3v) is 2.16. The molecule has 1 aromatic rings. The Balaban J connectivity index is 2.76. The standard InChI is InChI=1S/C12H13F2NO3/c1-3-18-12(17)7(2)15-11(16)9-6-8(13)4-5-10(9)14/h4-7H,3H2,1-2H3,(H,15,16). The van der Waals surface area contributed by atoms with Gasteiger partial charge in [-0.1, -0.05) is 0 Å². The third-order valence-electron chi connectivity index (χ3n) is 2.16. The molecule has 1 N–H and O–H groups in total. The summed E-state index contributed by atoms with van der Waals surface area (Å²) >= 11 is 0. The third kappa shape index (κ3) is 3.51. The normalized spacial score (nSPS) is 11.8. The minimum atomic E-state index is -0.930. The second-order valence-corrected chi connectivity index (χ2v) is 3.57. The number of ether oxygens (including phenoxy) is 1. The number of esters is 1. The van der Waals surface area contributed by atoms with Crippen molar-refractivity contribution in [3.63, 3.8) is 0 Å². The van der Waals surface area contributed by atoms with E-state index < -0.39 is 35.1 Å². The maximum atomic E-state index is 13.3. The van der Waals surface area contributed by atoms with Gasteiger partial charge < -0.3 is 10.1 Å². The van der Waals surface area contributed by atoms with Gasteiger partial charge in [-0.3, -0.25) is 4.79 Å². The summed E-state index contributed by atoms with van der Waals surface area (Å²) in [5.74, 6) is -3.09. The Kier molecular flexibility index (Phi) is 4.76. The van der Waals surface area contributed by atoms with Crippen LogP contribution < -0.4 is 5.32 Å². The lowest BCUT2D eigenvalue weighted by atomic mass is 10.2. The van der Waals surface area contributed by atoms with Crippen molar-refractivity contribution in [1.29, 1.82) is 0 Å². The lowest BCUT2D eigenvalue weighted by Gasteiger charge is -2.12. The largest absolute Gasteiger partial charge is 0.464 e. The Labute approximate surface area is 103 Å². The molecule has 18 heavy (non-hydrogen) atoms. The van der Waals surface area contributed by atoms with Crippen LogP contribution in [0.1, 0.15) is 24.2 Å². The van der Waals surface area contributed by atoms with Crippen molar-refractivity contribution >= 4 is 11.9 Å². The quantitative estimate of drug-likeness (QED) is 0.834. The summed E-state index contributed by atoms with van der Waals surface area (Å²) < 4.78 is 30.8. The van der Waals surface area contributed by atoms with Gasteiger partial charge in [-0.05, 0) is 32.0 Å². The van der Waals surface area contributed by atoms with Gasteiger partial charge in [0.2, 0.25) is 0 Å². The number of nitrogens with one attached hydrogen (secondary N) is 1. The fraction of sp³-hybridized carbons (Fsp3) is 0.333. The Bertz CT molecular complexity index is 463. The minimum Gasteiger partial charge on any atom is -0.464 e. The van der Waals surface area contributed by atoms with E-state index in [0.29, 0.717) is 0 Å². The molecule has 0 radical (unpaired) electrons. The van der Waals surface area contributed by atoms with E-state index in [-0.39, 0.29) is 6.61 Å². The molecule has 1 aromatic carbocycles. The number of benzene rings is 1. The smallest absolute Gasteiger partial charge is 0.328 e. The van der Waals surface area contributed by atoms with Crippen molar-refractivity contribution in [2.45, 2.75) is 19.9 Å². The maximum absolute atomic E-state index is 13.3. The van der Waals surface area contributed by atoms with Crippen LogP contribution in [0, 0.1) is 11.6 Å². The number of hydrogen-bond acceptors (Lipinski definition) is 3. The average molecular weight is 257 g/mol. The Morgan fingerprint density at radius 1 is 1.39 bits per heavy atom. The second kappa shape index (κ2) is 6.09. The zero-order valence-electron chi connectivity index (χ0n) is 10.00. The van der Waals surface area contributed by atoms with Gasteiger partial charge in [0, 0.05) is 0 Å². The molecule has 0 saturated carbocycles. The van der Waals surface area contributed by atoms with Crippen LogP contribution in [0.25, 0.3) is 0 Å². The second-order valence-electron chi connectivity index (χ2n) is 3.57. The summed E-state index contributed by atoms with van der Waals surface area (Å²) in [6.45, 7) is 3.19. The van der Waals surface area contributed by atoms with Gasteiger partial charge in [0.15, 0.2) is 0 Å². The van der Waals surface area contributed by atoms with Crippen LogP contribution in [0.4, 0.5) is 8.78 Å². The van der Waals surface area contributed by atoms with E-state index in [1.165, 1.54) is 6.92 Å². The minimum absolute atomic E-state index is 0.174. The van der Waals surface area contributed by atoms with Crippen molar-refractivity contribution in [2.24, 2.45) is 0 Å². The van der Waals surface area contributed by atoms with E-state index in [1.54, 1.807) is 6.92 Å². The summed E-state index contributed by atoms with van der Waals surface area (Å²) in [7, 11) is 0. The maximum Gasteiger partial charge on any atom is 0.328 e. The molecule has 1 amide bonds. The van der Waals surface area contributed by atoms with Crippen LogP contribution in [-0.4, -0.2) is 24.5 Å². The van der Waals surface area contributed by atoms with Crippen molar-refractivity contribution in [3.8, 4) is 0 Å². The van der Waals surface area contributed by atoms with Gasteiger partial charge in [-0.2, -0.15) is 0 Å². The van der Waals surface area contributed by atoms with E-state index >= 15 is 0 Å². The lowest BCUT2D eigenvalue weighted by Crippen LogP contribution is -2.39. The summed E-state index contributed by atoms with van der Waals surface area (Å²) in [4.78, 5) is 22.9. The number of amides is 1. The highest BCUT2D eigenvalue weighted by Crippen LogP contribution is 2.09. The van der Waals surface area contributed by atoms with E-state index in [0.717, 1.165) is 18.2 Å². The highest BCUT2D eigenvalue weighted by molar-refractivity contribution is 5.96. The molecule has 1 atom stereocenters. The first-order chi connectivity index (χ1) is 8.45. The fourth-order valence-electron chi connectivity index (χ4n) is 1.27. The predicted molar refractivity (Wildman–Crippen MR) is 59.9 cm³/mol. The van der Waals surface area contributed by atoms with Gasteiger partial charge in [-0.25, -0.2) is 13.6 Å². The molecule has 0 bridgehead atoms. The molecular weight excluding hydrogens is 244 g/mol. The zero-order chi connectivity index (χ0) is 13.7. The molecule has 0 aliphatic heterocycles. The molecule has 6 heteroatoms. The molecule has 0 fully saturated rings. The van der Waals surface area contributed by atoms with Crippen molar-refractivity contribution in [1.82, 2.24) is 5.32 Å². The molecule has 0 aliphatic carbocycles. The molecule has 0 heterocycles. The summed E-state index contributed by atoms with van der Waals surface area (Å²) in [6, 6.07) is 1.59. The van der Waals surface area contributed by atoms with Gasteiger partial charge >= 0.3 is 5.97 Å². The van der Waals surface area contributed by atoms with Crippen molar-refractivity contribution < 1.29 is 23.1 Å². The lowest BCUT2D eigenvalue weighted by molar-refractivity contribution is -0.144. The number of rotatable bonds is 4. The molecular formula is C12H13F2NO3. The molecule has 0 aromatic heterocycles. The Morgan fingerprint density at radius 3 is 2.67 bits per heavy atom. The molecule has 0 saturated heterocycles. The van der Waals surface area contributed by atoms with Gasteiger partial charge in [0.05, 0.1) is 12.2 Å². The van der Waals surface area contributed by atoms with Crippen molar-refractivity contribution in [2.75, 3.05) is 6.61 Å². The summed E-state index contributed by atoms with van der Waals surface area (Å²) in [5.41, 5.74) is -0.453.